The number of nitrogens with zero attached hydrogens (tertiary/aromatic N) is 2. The molecule has 0 amide bonds. The molecule has 0 spiro atoms. The third-order valence-electron chi connectivity index (χ3n) is 3.28. The summed E-state index contributed by atoms with van der Waals surface area (Å²) in [5, 5.41) is 6.46. The van der Waals surface area contributed by atoms with Crippen LogP contribution in [0.4, 0.5) is 24.7 Å². The number of ether oxygens (including phenoxy) is 1. The third-order valence-corrected chi connectivity index (χ3v) is 3.28. The molecule has 0 bridgehead atoms. The monoisotopic (exact) mass is 352 g/mol. The summed E-state index contributed by atoms with van der Waals surface area (Å²) >= 11 is 0. The van der Waals surface area contributed by atoms with Gasteiger partial charge in [-0.15, -0.1) is 0 Å². The summed E-state index contributed by atoms with van der Waals surface area (Å²) in [5.74, 6) is -0.122. The van der Waals surface area contributed by atoms with Crippen molar-refractivity contribution in [2.24, 2.45) is 0 Å². The molecule has 0 unspecified atom stereocenters. The van der Waals surface area contributed by atoms with Gasteiger partial charge in [-0.1, -0.05) is 5.16 Å². The predicted octanol–water partition coefficient (Wildman–Crippen LogP) is 3.20. The molecule has 2 N–H and O–H groups in total. The minimum absolute atomic E-state index is 0.0735. The van der Waals surface area contributed by atoms with E-state index in [-0.39, 0.29) is 11.6 Å². The lowest BCUT2D eigenvalue weighted by Crippen LogP contribution is -2.05. The number of methoxy groups -OCH3 is 1. The van der Waals surface area contributed by atoms with E-state index in [1.807, 2.05) is 0 Å². The zero-order valence-electron chi connectivity index (χ0n) is 12.7. The molecule has 1 aromatic carbocycles. The molecule has 7 nitrogen and oxygen atoms in total. The number of rotatable bonds is 4. The number of aromatic amines is 1. The van der Waals surface area contributed by atoms with E-state index < -0.39 is 17.5 Å². The van der Waals surface area contributed by atoms with E-state index >= 15 is 0 Å². The Labute approximate surface area is 138 Å². The summed E-state index contributed by atoms with van der Waals surface area (Å²) in [6.07, 6.45) is -2.98. The lowest BCUT2D eigenvalue weighted by atomic mass is 10.2. The van der Waals surface area contributed by atoms with Gasteiger partial charge in [0.1, 0.15) is 17.1 Å². The van der Waals surface area contributed by atoms with Crippen LogP contribution in [0.5, 0.6) is 5.75 Å². The third kappa shape index (κ3) is 3.47. The van der Waals surface area contributed by atoms with Crippen LogP contribution in [0.1, 0.15) is 5.56 Å². The second kappa shape index (κ2) is 6.30. The molecule has 0 aliphatic carbocycles. The smallest absolute Gasteiger partial charge is 0.439 e. The first-order chi connectivity index (χ1) is 11.9. The van der Waals surface area contributed by atoms with Gasteiger partial charge in [0.15, 0.2) is 5.82 Å². The average molecular weight is 352 g/mol. The van der Waals surface area contributed by atoms with Crippen LogP contribution >= 0.6 is 0 Å². The number of aromatic nitrogens is 3. The maximum absolute atomic E-state index is 12.6. The fourth-order valence-electron chi connectivity index (χ4n) is 2.15. The van der Waals surface area contributed by atoms with Crippen LogP contribution in [0.2, 0.25) is 0 Å². The Kier molecular flexibility index (Phi) is 4.17. The summed E-state index contributed by atoms with van der Waals surface area (Å²) in [6, 6.07) is 5.96. The fourth-order valence-corrected chi connectivity index (χ4v) is 2.15. The molecule has 0 aliphatic heterocycles. The first kappa shape index (κ1) is 16.6. The molecule has 0 atom stereocenters. The predicted molar refractivity (Wildman–Crippen MR) is 81.6 cm³/mol. The lowest BCUT2D eigenvalue weighted by Gasteiger charge is -2.13. The maximum Gasteiger partial charge on any atom is 0.439 e. The van der Waals surface area contributed by atoms with Crippen molar-refractivity contribution in [1.29, 1.82) is 0 Å². The number of hydrogen-bond donors (Lipinski definition) is 2. The van der Waals surface area contributed by atoms with Gasteiger partial charge in [0, 0.05) is 11.9 Å². The molecule has 3 rings (SSSR count). The summed E-state index contributed by atoms with van der Waals surface area (Å²) in [5.41, 5.74) is -0.103. The number of benzene rings is 1. The van der Waals surface area contributed by atoms with E-state index in [2.05, 4.69) is 25.0 Å². The Morgan fingerprint density at radius 2 is 1.92 bits per heavy atom. The first-order valence-corrected chi connectivity index (χ1v) is 6.92. The highest BCUT2D eigenvalue weighted by Crippen LogP contribution is 2.35. The Hall–Kier alpha value is -3.30. The van der Waals surface area contributed by atoms with Crippen LogP contribution < -0.4 is 15.8 Å². The Bertz CT molecular complexity index is 932. The number of nitrogens with one attached hydrogen (secondary N) is 2. The molecular formula is C15H11F3N4O3. The van der Waals surface area contributed by atoms with Crippen molar-refractivity contribution in [2.75, 3.05) is 12.4 Å². The minimum atomic E-state index is -4.42. The number of halogens is 3. The molecule has 0 aliphatic rings. The fraction of sp³-hybridized carbons (Fsp3) is 0.133. The molecular weight excluding hydrogens is 341 g/mol. The van der Waals surface area contributed by atoms with Gasteiger partial charge in [-0.2, -0.15) is 13.2 Å². The van der Waals surface area contributed by atoms with Gasteiger partial charge >= 0.3 is 11.9 Å². The topological polar surface area (TPSA) is 93.0 Å². The van der Waals surface area contributed by atoms with Crippen molar-refractivity contribution in [1.82, 2.24) is 15.1 Å². The van der Waals surface area contributed by atoms with Gasteiger partial charge < -0.3 is 10.1 Å². The highest BCUT2D eigenvalue weighted by molar-refractivity contribution is 5.79. The van der Waals surface area contributed by atoms with Gasteiger partial charge in [-0.25, -0.2) is 9.78 Å². The van der Waals surface area contributed by atoms with E-state index in [4.69, 9.17) is 4.74 Å². The lowest BCUT2D eigenvalue weighted by molar-refractivity contribution is -0.137. The van der Waals surface area contributed by atoms with Crippen molar-refractivity contribution in [3.63, 3.8) is 0 Å². The van der Waals surface area contributed by atoms with E-state index in [1.54, 1.807) is 6.07 Å². The number of anilines is 2. The van der Waals surface area contributed by atoms with Gasteiger partial charge in [0.05, 0.1) is 12.7 Å². The van der Waals surface area contributed by atoms with Crippen LogP contribution in [0.3, 0.4) is 0 Å². The highest BCUT2D eigenvalue weighted by atomic mass is 19.4. The molecule has 0 fully saturated rings. The highest BCUT2D eigenvalue weighted by Gasteiger charge is 2.30. The molecule has 130 valence electrons. The van der Waals surface area contributed by atoms with E-state index in [1.165, 1.54) is 25.4 Å². The number of pyridine rings is 1. The zero-order chi connectivity index (χ0) is 18.0. The molecule has 0 saturated carbocycles. The molecule has 2 heterocycles. The van der Waals surface area contributed by atoms with Crippen LogP contribution in [-0.2, 0) is 6.18 Å². The summed E-state index contributed by atoms with van der Waals surface area (Å²) in [7, 11) is 1.42. The average Bonchev–Trinajstić information content (AvgIpc) is 3.00. The van der Waals surface area contributed by atoms with Crippen LogP contribution in [0.25, 0.3) is 11.4 Å². The minimum Gasteiger partial charge on any atom is -0.496 e. The van der Waals surface area contributed by atoms with Crippen molar-refractivity contribution in [3.8, 4) is 17.1 Å². The maximum atomic E-state index is 12.6. The Morgan fingerprint density at radius 1 is 1.20 bits per heavy atom. The van der Waals surface area contributed by atoms with Gasteiger partial charge in [0.2, 0.25) is 0 Å². The molecule has 2 aromatic heterocycles. The van der Waals surface area contributed by atoms with E-state index in [0.29, 0.717) is 17.0 Å². The van der Waals surface area contributed by atoms with Gasteiger partial charge in [-0.05, 0) is 30.3 Å². The van der Waals surface area contributed by atoms with Crippen LogP contribution in [0.15, 0.2) is 45.8 Å². The zero-order valence-corrected chi connectivity index (χ0v) is 12.7. The second-order valence-electron chi connectivity index (χ2n) is 4.88. The van der Waals surface area contributed by atoms with E-state index in [0.717, 1.165) is 12.1 Å². The normalized spacial score (nSPS) is 11.4. The van der Waals surface area contributed by atoms with Crippen LogP contribution in [-0.4, -0.2) is 22.2 Å². The molecule has 10 heteroatoms. The van der Waals surface area contributed by atoms with Gasteiger partial charge in [0.25, 0.3) is 0 Å². The summed E-state index contributed by atoms with van der Waals surface area (Å²) < 4.78 is 47.6. The van der Waals surface area contributed by atoms with Crippen molar-refractivity contribution in [2.45, 2.75) is 6.18 Å². The number of alkyl halides is 3. The van der Waals surface area contributed by atoms with Crippen molar-refractivity contribution < 1.29 is 22.4 Å². The quantitative estimate of drug-likeness (QED) is 0.749. The van der Waals surface area contributed by atoms with E-state index in [9.17, 15) is 18.0 Å². The Balaban J connectivity index is 1.99. The molecule has 25 heavy (non-hydrogen) atoms. The summed E-state index contributed by atoms with van der Waals surface area (Å²) in [6.45, 7) is 0. The summed E-state index contributed by atoms with van der Waals surface area (Å²) in [4.78, 5) is 17.7. The number of hydrogen-bond acceptors (Lipinski definition) is 6. The largest absolute Gasteiger partial charge is 0.496 e. The number of H-pyrrole nitrogens is 1. The SMILES string of the molecule is COc1ccnc(Nc2ccc(C(F)(F)F)cc2)c1-c1noc(=O)[nH]1. The standard InChI is InChI=1S/C15H11F3N4O3/c1-24-10-6-7-19-12(11(10)13-21-14(23)25-22-13)20-9-4-2-8(3-5-9)15(16,17)18/h2-7H,1H3,(H,19,20)(H,21,22,23). The second-order valence-corrected chi connectivity index (χ2v) is 4.88. The molecule has 0 radical (unpaired) electrons. The molecule has 3 aromatic rings. The first-order valence-electron chi connectivity index (χ1n) is 6.92. The van der Waals surface area contributed by atoms with Crippen molar-refractivity contribution in [3.05, 3.63) is 52.6 Å². The van der Waals surface area contributed by atoms with Gasteiger partial charge in [-0.3, -0.25) is 9.51 Å². The molecule has 0 saturated heterocycles. The Morgan fingerprint density at radius 3 is 2.48 bits per heavy atom. The van der Waals surface area contributed by atoms with Crippen LogP contribution in [0, 0.1) is 0 Å². The van der Waals surface area contributed by atoms with Crippen molar-refractivity contribution >= 4 is 11.5 Å².